The second kappa shape index (κ2) is 6.26. The first-order chi connectivity index (χ1) is 10.6. The van der Waals surface area contributed by atoms with Crippen molar-refractivity contribution in [2.75, 3.05) is 24.6 Å². The molecule has 0 spiro atoms. The normalized spacial score (nSPS) is 21.9. The highest BCUT2D eigenvalue weighted by Gasteiger charge is 2.31. The van der Waals surface area contributed by atoms with Crippen LogP contribution in [0.4, 0.5) is 10.5 Å². The molecule has 1 aliphatic heterocycles. The van der Waals surface area contributed by atoms with E-state index < -0.39 is 5.60 Å². The highest BCUT2D eigenvalue weighted by Crippen LogP contribution is 2.30. The van der Waals surface area contributed by atoms with Gasteiger partial charge in [-0.05, 0) is 37.5 Å². The predicted molar refractivity (Wildman–Crippen MR) is 85.0 cm³/mol. The Labute approximate surface area is 131 Å². The maximum atomic E-state index is 11.7. The number of hydrogen-bond acceptors (Lipinski definition) is 4. The minimum Gasteiger partial charge on any atom is -0.447 e. The van der Waals surface area contributed by atoms with E-state index in [9.17, 15) is 9.90 Å². The molecule has 22 heavy (non-hydrogen) atoms. The molecule has 1 aliphatic carbocycles. The van der Waals surface area contributed by atoms with Gasteiger partial charge in [0.2, 0.25) is 0 Å². The molecule has 120 valence electrons. The molecule has 5 heteroatoms. The Kier molecular flexibility index (Phi) is 4.36. The Morgan fingerprint density at radius 3 is 2.86 bits per heavy atom. The van der Waals surface area contributed by atoms with Crippen LogP contribution in [0.5, 0.6) is 0 Å². The monoisotopic (exact) mass is 304 g/mol. The third-order valence-electron chi connectivity index (χ3n) is 4.71. The van der Waals surface area contributed by atoms with Gasteiger partial charge in [-0.1, -0.05) is 25.0 Å². The highest BCUT2D eigenvalue weighted by atomic mass is 16.6. The van der Waals surface area contributed by atoms with Crippen LogP contribution in [-0.2, 0) is 4.74 Å². The van der Waals surface area contributed by atoms with Crippen molar-refractivity contribution >= 4 is 11.8 Å². The lowest BCUT2D eigenvalue weighted by Gasteiger charge is -2.25. The van der Waals surface area contributed by atoms with Crippen molar-refractivity contribution in [2.24, 2.45) is 0 Å². The Morgan fingerprint density at radius 1 is 1.41 bits per heavy atom. The Balaban J connectivity index is 1.65. The molecule has 0 bridgehead atoms. The van der Waals surface area contributed by atoms with Crippen molar-refractivity contribution in [1.82, 2.24) is 5.32 Å². The van der Waals surface area contributed by atoms with Gasteiger partial charge in [-0.15, -0.1) is 0 Å². The summed E-state index contributed by atoms with van der Waals surface area (Å²) in [5, 5.41) is 13.8. The minimum atomic E-state index is -0.551. The molecule has 1 aromatic carbocycles. The highest BCUT2D eigenvalue weighted by molar-refractivity contribution is 5.89. The maximum absolute atomic E-state index is 11.7. The lowest BCUT2D eigenvalue weighted by atomic mass is 10.0. The number of aliphatic hydroxyl groups is 1. The summed E-state index contributed by atoms with van der Waals surface area (Å²) >= 11 is 0. The van der Waals surface area contributed by atoms with Crippen LogP contribution in [0.3, 0.4) is 0 Å². The average Bonchev–Trinajstić information content (AvgIpc) is 3.14. The first kappa shape index (κ1) is 15.3. The number of nitrogens with zero attached hydrogens (tertiary/aromatic N) is 1. The zero-order valence-corrected chi connectivity index (χ0v) is 13.0. The van der Waals surface area contributed by atoms with Crippen LogP contribution in [0, 0.1) is 0 Å². The molecule has 1 saturated carbocycles. The first-order valence-corrected chi connectivity index (χ1v) is 8.07. The van der Waals surface area contributed by atoms with Gasteiger partial charge in [-0.3, -0.25) is 4.90 Å². The zero-order valence-electron chi connectivity index (χ0n) is 13.0. The van der Waals surface area contributed by atoms with E-state index in [1.165, 1.54) is 0 Å². The number of amides is 1. The van der Waals surface area contributed by atoms with E-state index in [4.69, 9.17) is 4.74 Å². The summed E-state index contributed by atoms with van der Waals surface area (Å²) in [5.74, 6) is 0. The second-order valence-electron chi connectivity index (χ2n) is 6.40. The molecule has 1 aromatic rings. The largest absolute Gasteiger partial charge is 0.447 e. The standard InChI is InChI=1S/C17H24N2O3/c1-13(18-12-17(21)7-2-3-8-17)14-5-4-6-15(11-14)19-9-10-22-16(19)20/h4-6,11,13,18,21H,2-3,7-10,12H2,1H3. The summed E-state index contributed by atoms with van der Waals surface area (Å²) in [6.07, 6.45) is 3.70. The van der Waals surface area contributed by atoms with Crippen LogP contribution in [0.2, 0.25) is 0 Å². The van der Waals surface area contributed by atoms with Gasteiger partial charge in [0.25, 0.3) is 0 Å². The van der Waals surface area contributed by atoms with Crippen LogP contribution in [0.1, 0.15) is 44.2 Å². The first-order valence-electron chi connectivity index (χ1n) is 8.07. The molecule has 1 atom stereocenters. The summed E-state index contributed by atoms with van der Waals surface area (Å²) in [4.78, 5) is 13.3. The van der Waals surface area contributed by atoms with E-state index in [0.717, 1.165) is 36.9 Å². The number of cyclic esters (lactones) is 1. The molecule has 1 heterocycles. The molecule has 3 rings (SSSR count). The Morgan fingerprint density at radius 2 is 2.18 bits per heavy atom. The molecule has 0 aromatic heterocycles. The Bertz CT molecular complexity index is 540. The molecule has 2 N–H and O–H groups in total. The number of anilines is 1. The SMILES string of the molecule is CC(NCC1(O)CCCC1)c1cccc(N2CCOC2=O)c1. The third-order valence-corrected chi connectivity index (χ3v) is 4.71. The average molecular weight is 304 g/mol. The van der Waals surface area contributed by atoms with E-state index in [0.29, 0.717) is 19.7 Å². The van der Waals surface area contributed by atoms with Crippen LogP contribution in [0.25, 0.3) is 0 Å². The van der Waals surface area contributed by atoms with Gasteiger partial charge in [0.15, 0.2) is 0 Å². The van der Waals surface area contributed by atoms with Crippen molar-refractivity contribution in [3.63, 3.8) is 0 Å². The summed E-state index contributed by atoms with van der Waals surface area (Å²) in [7, 11) is 0. The Hall–Kier alpha value is -1.59. The van der Waals surface area contributed by atoms with Gasteiger partial charge in [-0.25, -0.2) is 4.79 Å². The topological polar surface area (TPSA) is 61.8 Å². The van der Waals surface area contributed by atoms with Crippen LogP contribution >= 0.6 is 0 Å². The predicted octanol–water partition coefficient (Wildman–Crippen LogP) is 2.60. The van der Waals surface area contributed by atoms with Gasteiger partial charge < -0.3 is 15.2 Å². The van der Waals surface area contributed by atoms with Crippen molar-refractivity contribution in [3.8, 4) is 0 Å². The van der Waals surface area contributed by atoms with Crippen LogP contribution in [-0.4, -0.2) is 36.5 Å². The van der Waals surface area contributed by atoms with E-state index in [-0.39, 0.29) is 12.1 Å². The lowest BCUT2D eigenvalue weighted by Crippen LogP contribution is -2.39. The van der Waals surface area contributed by atoms with Crippen molar-refractivity contribution in [1.29, 1.82) is 0 Å². The molecule has 1 amide bonds. The fraction of sp³-hybridized carbons (Fsp3) is 0.588. The molecule has 0 radical (unpaired) electrons. The van der Waals surface area contributed by atoms with Crippen LogP contribution in [0.15, 0.2) is 24.3 Å². The molecular formula is C17H24N2O3. The number of ether oxygens (including phenoxy) is 1. The second-order valence-corrected chi connectivity index (χ2v) is 6.40. The molecule has 1 unspecified atom stereocenters. The van der Waals surface area contributed by atoms with E-state index in [2.05, 4.69) is 12.2 Å². The van der Waals surface area contributed by atoms with E-state index in [1.54, 1.807) is 4.90 Å². The zero-order chi connectivity index (χ0) is 15.6. The number of carbonyl (C=O) groups excluding carboxylic acids is 1. The van der Waals surface area contributed by atoms with Crippen molar-refractivity contribution < 1.29 is 14.6 Å². The van der Waals surface area contributed by atoms with E-state index in [1.807, 2.05) is 24.3 Å². The quantitative estimate of drug-likeness (QED) is 0.878. The van der Waals surface area contributed by atoms with Gasteiger partial charge in [-0.2, -0.15) is 0 Å². The minimum absolute atomic E-state index is 0.128. The number of rotatable bonds is 5. The molecule has 1 saturated heterocycles. The third kappa shape index (κ3) is 3.25. The number of nitrogens with one attached hydrogen (secondary N) is 1. The molecule has 5 nitrogen and oxygen atoms in total. The van der Waals surface area contributed by atoms with Crippen molar-refractivity contribution in [3.05, 3.63) is 29.8 Å². The van der Waals surface area contributed by atoms with Gasteiger partial charge >= 0.3 is 6.09 Å². The smallest absolute Gasteiger partial charge is 0.414 e. The number of carbonyl (C=O) groups is 1. The fourth-order valence-corrected chi connectivity index (χ4v) is 3.26. The molecular weight excluding hydrogens is 280 g/mol. The molecule has 2 aliphatic rings. The maximum Gasteiger partial charge on any atom is 0.414 e. The summed E-state index contributed by atoms with van der Waals surface area (Å²) in [6.45, 7) is 3.75. The lowest BCUT2D eigenvalue weighted by molar-refractivity contribution is 0.0453. The van der Waals surface area contributed by atoms with Gasteiger partial charge in [0.05, 0.1) is 12.1 Å². The summed E-state index contributed by atoms with van der Waals surface area (Å²) in [6, 6.07) is 8.07. The van der Waals surface area contributed by atoms with Crippen LogP contribution < -0.4 is 10.2 Å². The van der Waals surface area contributed by atoms with Gasteiger partial charge in [0, 0.05) is 18.3 Å². The van der Waals surface area contributed by atoms with Gasteiger partial charge in [0.1, 0.15) is 6.61 Å². The van der Waals surface area contributed by atoms with E-state index >= 15 is 0 Å². The number of hydrogen-bond donors (Lipinski definition) is 2. The number of benzene rings is 1. The fourth-order valence-electron chi connectivity index (χ4n) is 3.26. The summed E-state index contributed by atoms with van der Waals surface area (Å²) < 4.78 is 4.99. The summed E-state index contributed by atoms with van der Waals surface area (Å²) in [5.41, 5.74) is 1.43. The van der Waals surface area contributed by atoms with Crippen molar-refractivity contribution in [2.45, 2.75) is 44.2 Å². The molecule has 2 fully saturated rings.